The first-order chi connectivity index (χ1) is 6.66. The minimum absolute atomic E-state index is 0.546. The summed E-state index contributed by atoms with van der Waals surface area (Å²) in [6.45, 7) is 0. The van der Waals surface area contributed by atoms with Gasteiger partial charge < -0.3 is 24.0 Å². The van der Waals surface area contributed by atoms with Crippen LogP contribution in [0.25, 0.3) is 5.69 Å². The standard InChI is InChI=1S/C8H5ClN2S3/c9-5-1-3-6(4-2-5)11-8(13)14-7(12)10-11/h1-4H,(H,10,12)/p-1. The van der Waals surface area contributed by atoms with Crippen LogP contribution in [0.5, 0.6) is 0 Å². The molecule has 1 heterocycles. The summed E-state index contributed by atoms with van der Waals surface area (Å²) < 4.78 is 2.83. The first-order valence-corrected chi connectivity index (χ1v) is 5.71. The lowest BCUT2D eigenvalue weighted by Gasteiger charge is -2.01. The largest absolute Gasteiger partial charge is 0.406 e. The van der Waals surface area contributed by atoms with Crippen LogP contribution in [0.3, 0.4) is 0 Å². The van der Waals surface area contributed by atoms with Gasteiger partial charge in [0.2, 0.25) is 0 Å². The van der Waals surface area contributed by atoms with Crippen molar-refractivity contribution < 1.29 is 0 Å². The molecule has 1 aromatic heterocycles. The van der Waals surface area contributed by atoms with Gasteiger partial charge in [0.15, 0.2) is 0 Å². The van der Waals surface area contributed by atoms with Gasteiger partial charge in [0.05, 0.1) is 9.64 Å². The van der Waals surface area contributed by atoms with Crippen LogP contribution >= 0.6 is 35.2 Å². The van der Waals surface area contributed by atoms with E-state index in [2.05, 4.69) is 5.10 Å². The molecular weight excluding hydrogens is 256 g/mol. The molecule has 0 N–H and O–H groups in total. The normalized spacial score (nSPS) is 10.4. The minimum atomic E-state index is 0.546. The molecule has 0 fully saturated rings. The summed E-state index contributed by atoms with van der Waals surface area (Å²) in [7, 11) is 0. The van der Waals surface area contributed by atoms with Crippen LogP contribution in [0.4, 0.5) is 0 Å². The third-order valence-corrected chi connectivity index (χ3v) is 3.21. The van der Waals surface area contributed by atoms with Crippen LogP contribution in [0.15, 0.2) is 28.6 Å². The van der Waals surface area contributed by atoms with Crippen LogP contribution in [0.1, 0.15) is 0 Å². The Morgan fingerprint density at radius 1 is 1.36 bits per heavy atom. The van der Waals surface area contributed by atoms with Gasteiger partial charge in [-0.3, -0.25) is 0 Å². The van der Waals surface area contributed by atoms with Gasteiger partial charge >= 0.3 is 0 Å². The van der Waals surface area contributed by atoms with E-state index in [9.17, 15) is 0 Å². The molecule has 2 rings (SSSR count). The Labute approximate surface area is 101 Å². The number of hydrogen-bond acceptors (Lipinski definition) is 4. The zero-order valence-corrected chi connectivity index (χ0v) is 10.0. The molecule has 0 aliphatic heterocycles. The highest BCUT2D eigenvalue weighted by Crippen LogP contribution is 2.16. The molecule has 0 saturated heterocycles. The molecule has 14 heavy (non-hydrogen) atoms. The van der Waals surface area contributed by atoms with E-state index in [1.807, 2.05) is 12.1 Å². The quantitative estimate of drug-likeness (QED) is 0.579. The lowest BCUT2D eigenvalue weighted by Crippen LogP contribution is -1.95. The summed E-state index contributed by atoms with van der Waals surface area (Å²) >= 11 is 17.1. The second kappa shape index (κ2) is 3.94. The molecule has 72 valence electrons. The molecule has 0 bridgehead atoms. The zero-order valence-electron chi connectivity index (χ0n) is 6.81. The van der Waals surface area contributed by atoms with E-state index in [-0.39, 0.29) is 0 Å². The van der Waals surface area contributed by atoms with Gasteiger partial charge in [-0.2, -0.15) is 5.10 Å². The Morgan fingerprint density at radius 3 is 2.50 bits per heavy atom. The average Bonchev–Trinajstić information content (AvgIpc) is 2.47. The van der Waals surface area contributed by atoms with Crippen molar-refractivity contribution in [1.29, 1.82) is 0 Å². The van der Waals surface area contributed by atoms with Gasteiger partial charge in [0.25, 0.3) is 0 Å². The summed E-state index contributed by atoms with van der Waals surface area (Å²) in [5.41, 5.74) is 0.881. The molecule has 0 aliphatic rings. The fourth-order valence-electron chi connectivity index (χ4n) is 1.01. The SMILES string of the molecule is S=c1sc([S-])nn1-c1ccc(Cl)cc1. The van der Waals surface area contributed by atoms with Gasteiger partial charge in [-0.05, 0) is 28.6 Å². The minimum Gasteiger partial charge on any atom is -0.406 e. The summed E-state index contributed by atoms with van der Waals surface area (Å²) in [5, 5.41) is 4.80. The van der Waals surface area contributed by atoms with Crippen LogP contribution < -0.4 is 0 Å². The van der Waals surface area contributed by atoms with Crippen molar-refractivity contribution in [1.82, 2.24) is 9.78 Å². The highest BCUT2D eigenvalue weighted by atomic mass is 35.5. The molecule has 0 unspecified atom stereocenters. The summed E-state index contributed by atoms with van der Waals surface area (Å²) in [4.78, 5) is 0. The van der Waals surface area contributed by atoms with E-state index >= 15 is 0 Å². The molecule has 0 spiro atoms. The number of benzene rings is 1. The van der Waals surface area contributed by atoms with Gasteiger partial charge in [-0.15, -0.1) is 0 Å². The maximum Gasteiger partial charge on any atom is 0.0904 e. The summed E-state index contributed by atoms with van der Waals surface area (Å²) in [6, 6.07) is 7.29. The van der Waals surface area contributed by atoms with Crippen molar-refractivity contribution in [3.8, 4) is 5.69 Å². The van der Waals surface area contributed by atoms with Gasteiger partial charge in [-0.1, -0.05) is 23.8 Å². The Balaban J connectivity index is 2.54. The van der Waals surface area contributed by atoms with Crippen LogP contribution in [0, 0.1) is 3.95 Å². The van der Waals surface area contributed by atoms with Gasteiger partial charge in [0, 0.05) is 5.02 Å². The molecule has 1 aromatic carbocycles. The second-order valence-electron chi connectivity index (χ2n) is 2.52. The fourth-order valence-corrected chi connectivity index (χ4v) is 2.50. The molecule has 0 radical (unpaired) electrons. The molecule has 0 aliphatic carbocycles. The van der Waals surface area contributed by atoms with Gasteiger partial charge in [0.1, 0.15) is 0 Å². The van der Waals surface area contributed by atoms with E-state index in [1.54, 1.807) is 16.8 Å². The van der Waals surface area contributed by atoms with Crippen molar-refractivity contribution in [2.24, 2.45) is 0 Å². The predicted molar refractivity (Wildman–Crippen MR) is 62.9 cm³/mol. The van der Waals surface area contributed by atoms with E-state index in [1.165, 1.54) is 11.3 Å². The Bertz CT molecular complexity index is 500. The number of hydrogen-bond donors (Lipinski definition) is 0. The second-order valence-corrected chi connectivity index (χ2v) is 5.23. The maximum atomic E-state index is 5.77. The monoisotopic (exact) mass is 259 g/mol. The van der Waals surface area contributed by atoms with Crippen LogP contribution in [0.2, 0.25) is 5.02 Å². The number of aromatic nitrogens is 2. The molecule has 6 heteroatoms. The number of nitrogens with zero attached hydrogens (tertiary/aromatic N) is 2. The molecule has 0 amide bonds. The molecule has 2 aromatic rings. The fraction of sp³-hybridized carbons (Fsp3) is 0. The van der Waals surface area contributed by atoms with E-state index in [4.69, 9.17) is 36.4 Å². The Kier molecular flexibility index (Phi) is 2.83. The number of halogens is 1. The predicted octanol–water partition coefficient (Wildman–Crippen LogP) is 3.22. The third-order valence-electron chi connectivity index (χ3n) is 1.60. The summed E-state index contributed by atoms with van der Waals surface area (Å²) in [6.07, 6.45) is 0. The van der Waals surface area contributed by atoms with Crippen LogP contribution in [-0.4, -0.2) is 9.78 Å². The lowest BCUT2D eigenvalue weighted by molar-refractivity contribution is 0.830. The zero-order chi connectivity index (χ0) is 10.1. The lowest BCUT2D eigenvalue weighted by atomic mass is 10.3. The topological polar surface area (TPSA) is 17.8 Å². The number of rotatable bonds is 1. The smallest absolute Gasteiger partial charge is 0.0904 e. The van der Waals surface area contributed by atoms with E-state index in [0.29, 0.717) is 13.3 Å². The van der Waals surface area contributed by atoms with Crippen molar-refractivity contribution in [3.05, 3.63) is 33.2 Å². The highest BCUT2D eigenvalue weighted by molar-refractivity contribution is 7.74. The Hall–Kier alpha value is -0.490. The molecule has 0 saturated carbocycles. The average molecular weight is 260 g/mol. The first kappa shape index (κ1) is 10.0. The first-order valence-electron chi connectivity index (χ1n) is 3.70. The molecule has 2 nitrogen and oxygen atoms in total. The van der Waals surface area contributed by atoms with Crippen molar-refractivity contribution >= 4 is 47.8 Å². The Morgan fingerprint density at radius 2 is 2.00 bits per heavy atom. The van der Waals surface area contributed by atoms with Crippen molar-refractivity contribution in [2.45, 2.75) is 4.34 Å². The van der Waals surface area contributed by atoms with Crippen LogP contribution in [-0.2, 0) is 12.6 Å². The summed E-state index contributed by atoms with van der Waals surface area (Å²) in [5.74, 6) is 0. The van der Waals surface area contributed by atoms with E-state index < -0.39 is 0 Å². The van der Waals surface area contributed by atoms with Gasteiger partial charge in [-0.25, -0.2) is 4.68 Å². The third kappa shape index (κ3) is 1.95. The highest BCUT2D eigenvalue weighted by Gasteiger charge is 1.96. The van der Waals surface area contributed by atoms with Crippen molar-refractivity contribution in [3.63, 3.8) is 0 Å². The van der Waals surface area contributed by atoms with Crippen molar-refractivity contribution in [2.75, 3.05) is 0 Å². The molecular formula is C8H4ClN2S3-. The molecule has 0 atom stereocenters. The van der Waals surface area contributed by atoms with E-state index in [0.717, 1.165) is 5.69 Å². The maximum absolute atomic E-state index is 5.77.